The van der Waals surface area contributed by atoms with E-state index < -0.39 is 0 Å². The Kier molecular flexibility index (Phi) is 7.00. The lowest BCUT2D eigenvalue weighted by molar-refractivity contribution is 0.239. The van der Waals surface area contributed by atoms with E-state index in [1.807, 2.05) is 45.9 Å². The zero-order chi connectivity index (χ0) is 17.4. The summed E-state index contributed by atoms with van der Waals surface area (Å²) in [7, 11) is 0. The third-order valence-electron chi connectivity index (χ3n) is 3.02. The van der Waals surface area contributed by atoms with Crippen LogP contribution in [-0.2, 0) is 0 Å². The Labute approximate surface area is 137 Å². The van der Waals surface area contributed by atoms with Gasteiger partial charge in [-0.3, -0.25) is 4.79 Å². The lowest BCUT2D eigenvalue weighted by Crippen LogP contribution is -2.18. The molecule has 1 heterocycles. The molecule has 1 aromatic heterocycles. The molecule has 1 N–H and O–H groups in total. The third kappa shape index (κ3) is 4.19. The molecule has 0 aliphatic carbocycles. The molecule has 4 nitrogen and oxygen atoms in total. The van der Waals surface area contributed by atoms with Crippen molar-refractivity contribution >= 4 is 12.2 Å². The molecular weight excluding hydrogens is 288 g/mol. The van der Waals surface area contributed by atoms with Crippen molar-refractivity contribution in [3.05, 3.63) is 59.0 Å². The molecular formula is C19H24N2O2. The summed E-state index contributed by atoms with van der Waals surface area (Å²) in [4.78, 5) is 12.0. The van der Waals surface area contributed by atoms with Crippen LogP contribution < -0.4 is 10.3 Å². The summed E-state index contributed by atoms with van der Waals surface area (Å²) in [5, 5.41) is 6.29. The Balaban J connectivity index is 0.00000127. The van der Waals surface area contributed by atoms with Gasteiger partial charge in [-0.15, -0.1) is 0 Å². The maximum absolute atomic E-state index is 12.0. The number of H-pyrrole nitrogens is 1. The molecule has 0 spiro atoms. The highest BCUT2D eigenvalue weighted by molar-refractivity contribution is 5.82. The molecule has 1 aromatic carbocycles. The van der Waals surface area contributed by atoms with E-state index in [0.717, 1.165) is 16.7 Å². The van der Waals surface area contributed by atoms with Crippen LogP contribution in [-0.4, -0.2) is 16.3 Å². The van der Waals surface area contributed by atoms with E-state index in [1.165, 1.54) is 0 Å². The van der Waals surface area contributed by atoms with E-state index >= 15 is 0 Å². The minimum absolute atomic E-state index is 0.109. The first-order valence-corrected chi connectivity index (χ1v) is 7.71. The molecule has 0 amide bonds. The molecule has 23 heavy (non-hydrogen) atoms. The molecule has 0 aliphatic rings. The number of rotatable bonds is 5. The molecule has 122 valence electrons. The predicted octanol–water partition coefficient (Wildman–Crippen LogP) is 4.54. The van der Waals surface area contributed by atoms with Crippen LogP contribution in [0.4, 0.5) is 0 Å². The number of aromatic nitrogens is 2. The van der Waals surface area contributed by atoms with Crippen molar-refractivity contribution in [1.29, 1.82) is 0 Å². The van der Waals surface area contributed by atoms with Gasteiger partial charge in [0.15, 0.2) is 5.75 Å². The lowest BCUT2D eigenvalue weighted by Gasteiger charge is -2.15. The highest BCUT2D eigenvalue weighted by Gasteiger charge is 2.15. The van der Waals surface area contributed by atoms with Crippen molar-refractivity contribution in [2.75, 3.05) is 0 Å². The predicted molar refractivity (Wildman–Crippen MR) is 97.6 cm³/mol. The number of benzene rings is 1. The van der Waals surface area contributed by atoms with Crippen LogP contribution in [0.1, 0.15) is 38.8 Å². The fraction of sp³-hybridized carbons (Fsp3) is 0.263. The molecule has 0 aliphatic heterocycles. The molecule has 0 unspecified atom stereocenters. The van der Waals surface area contributed by atoms with Gasteiger partial charge < -0.3 is 4.74 Å². The zero-order valence-electron chi connectivity index (χ0n) is 14.2. The lowest BCUT2D eigenvalue weighted by atomic mass is 9.96. The average molecular weight is 312 g/mol. The van der Waals surface area contributed by atoms with E-state index in [9.17, 15) is 4.79 Å². The van der Waals surface area contributed by atoms with Gasteiger partial charge in [0.1, 0.15) is 0 Å². The fourth-order valence-electron chi connectivity index (χ4n) is 2.16. The largest absolute Gasteiger partial charge is 0.485 e. The highest BCUT2D eigenvalue weighted by atomic mass is 16.5. The minimum atomic E-state index is -0.347. The third-order valence-corrected chi connectivity index (χ3v) is 3.02. The van der Waals surface area contributed by atoms with Crippen molar-refractivity contribution < 1.29 is 4.74 Å². The summed E-state index contributed by atoms with van der Waals surface area (Å²) in [6, 6.07) is 5.75. The minimum Gasteiger partial charge on any atom is -0.485 e. The number of nitrogens with one attached hydrogen (secondary N) is 1. The standard InChI is InChI=1S/C17H18N2O2.C2H6/c1-5-12-8-7-9-14(13(12)6-2)15-10-18-19-17(20)16(15)21-11(3)4;1-2/h5-11H,1-2H2,3-4H3,(H,19,20);1-2H3. The molecule has 0 bridgehead atoms. The van der Waals surface area contributed by atoms with Crippen LogP contribution in [0.5, 0.6) is 5.75 Å². The second-order valence-corrected chi connectivity index (χ2v) is 4.83. The molecule has 0 atom stereocenters. The van der Waals surface area contributed by atoms with Crippen LogP contribution in [0, 0.1) is 0 Å². The number of hydrogen-bond acceptors (Lipinski definition) is 3. The molecule has 2 aromatic rings. The SMILES string of the molecule is C=Cc1cccc(-c2cn[nH]c(=O)c2OC(C)C)c1C=C.CC. The van der Waals surface area contributed by atoms with Crippen LogP contribution in [0.2, 0.25) is 0 Å². The Morgan fingerprint density at radius 3 is 2.43 bits per heavy atom. The smallest absolute Gasteiger partial charge is 0.307 e. The van der Waals surface area contributed by atoms with Crippen molar-refractivity contribution in [2.45, 2.75) is 33.8 Å². The van der Waals surface area contributed by atoms with Crippen molar-refractivity contribution in [3.63, 3.8) is 0 Å². The first kappa shape index (κ1) is 18.4. The van der Waals surface area contributed by atoms with E-state index in [2.05, 4.69) is 23.4 Å². The molecule has 0 radical (unpaired) electrons. The van der Waals surface area contributed by atoms with Crippen LogP contribution in [0.3, 0.4) is 0 Å². The number of ether oxygens (including phenoxy) is 1. The number of hydrogen-bond donors (Lipinski definition) is 1. The average Bonchev–Trinajstić information content (AvgIpc) is 2.57. The van der Waals surface area contributed by atoms with Gasteiger partial charge in [0.2, 0.25) is 0 Å². The van der Waals surface area contributed by atoms with Crippen LogP contribution in [0.25, 0.3) is 23.3 Å². The van der Waals surface area contributed by atoms with E-state index in [0.29, 0.717) is 5.56 Å². The Bertz CT molecular complexity index is 730. The summed E-state index contributed by atoms with van der Waals surface area (Å²) in [5.74, 6) is 0.268. The van der Waals surface area contributed by atoms with Crippen LogP contribution in [0.15, 0.2) is 42.3 Å². The van der Waals surface area contributed by atoms with Gasteiger partial charge in [0.05, 0.1) is 17.9 Å². The van der Waals surface area contributed by atoms with Crippen molar-refractivity contribution in [1.82, 2.24) is 10.2 Å². The molecule has 0 saturated heterocycles. The van der Waals surface area contributed by atoms with Crippen molar-refractivity contribution in [2.24, 2.45) is 0 Å². The van der Waals surface area contributed by atoms with Gasteiger partial charge in [-0.05, 0) is 30.5 Å². The second-order valence-electron chi connectivity index (χ2n) is 4.83. The monoisotopic (exact) mass is 312 g/mol. The maximum Gasteiger partial charge on any atom is 0.307 e. The van der Waals surface area contributed by atoms with Gasteiger partial charge >= 0.3 is 5.56 Å². The fourth-order valence-corrected chi connectivity index (χ4v) is 2.16. The molecule has 0 saturated carbocycles. The topological polar surface area (TPSA) is 55.0 Å². The summed E-state index contributed by atoms with van der Waals surface area (Å²) in [6.45, 7) is 15.4. The van der Waals surface area contributed by atoms with E-state index in [1.54, 1.807) is 18.3 Å². The maximum atomic E-state index is 12.0. The first-order chi connectivity index (χ1) is 11.1. The van der Waals surface area contributed by atoms with Gasteiger partial charge in [-0.25, -0.2) is 5.10 Å². The summed E-state index contributed by atoms with van der Waals surface area (Å²) in [6.07, 6.45) is 4.98. The summed E-state index contributed by atoms with van der Waals surface area (Å²) < 4.78 is 5.66. The number of aromatic amines is 1. The normalized spacial score (nSPS) is 9.78. The van der Waals surface area contributed by atoms with Gasteiger partial charge in [0, 0.05) is 0 Å². The van der Waals surface area contributed by atoms with Gasteiger partial charge in [-0.1, -0.05) is 57.4 Å². The molecule has 0 fully saturated rings. The van der Waals surface area contributed by atoms with Gasteiger partial charge in [0.25, 0.3) is 0 Å². The summed E-state index contributed by atoms with van der Waals surface area (Å²) in [5.41, 5.74) is 2.98. The second kappa shape index (κ2) is 8.73. The van der Waals surface area contributed by atoms with Gasteiger partial charge in [-0.2, -0.15) is 5.10 Å². The van der Waals surface area contributed by atoms with E-state index in [4.69, 9.17) is 4.74 Å². The quantitative estimate of drug-likeness (QED) is 0.882. The Morgan fingerprint density at radius 2 is 1.87 bits per heavy atom. The number of nitrogens with zero attached hydrogens (tertiary/aromatic N) is 1. The Hall–Kier alpha value is -2.62. The molecule has 4 heteroatoms. The highest BCUT2D eigenvalue weighted by Crippen LogP contribution is 2.32. The Morgan fingerprint density at radius 1 is 1.17 bits per heavy atom. The van der Waals surface area contributed by atoms with Crippen LogP contribution >= 0.6 is 0 Å². The zero-order valence-corrected chi connectivity index (χ0v) is 14.2. The first-order valence-electron chi connectivity index (χ1n) is 7.71. The van der Waals surface area contributed by atoms with Crippen molar-refractivity contribution in [3.8, 4) is 16.9 Å². The van der Waals surface area contributed by atoms with E-state index in [-0.39, 0.29) is 17.4 Å². The summed E-state index contributed by atoms with van der Waals surface area (Å²) >= 11 is 0. The molecule has 2 rings (SSSR count).